The summed E-state index contributed by atoms with van der Waals surface area (Å²) in [7, 11) is 0. The summed E-state index contributed by atoms with van der Waals surface area (Å²) in [6.07, 6.45) is 2.67. The van der Waals surface area contributed by atoms with E-state index in [1.54, 1.807) is 24.5 Å². The Labute approximate surface area is 197 Å². The van der Waals surface area contributed by atoms with Gasteiger partial charge in [-0.2, -0.15) is 0 Å². The van der Waals surface area contributed by atoms with E-state index >= 15 is 0 Å². The van der Waals surface area contributed by atoms with E-state index in [-0.39, 0.29) is 31.7 Å². The molecule has 1 fully saturated rings. The topological polar surface area (TPSA) is 98.1 Å². The molecule has 1 aliphatic rings. The van der Waals surface area contributed by atoms with Gasteiger partial charge in [0.05, 0.1) is 12.3 Å². The lowest BCUT2D eigenvalue weighted by Crippen LogP contribution is -2.71. The predicted molar refractivity (Wildman–Crippen MR) is 123 cm³/mol. The number of furan rings is 1. The van der Waals surface area contributed by atoms with Crippen molar-refractivity contribution in [2.24, 2.45) is 0 Å². The lowest BCUT2D eigenvalue weighted by molar-refractivity contribution is -0.163. The van der Waals surface area contributed by atoms with Gasteiger partial charge in [-0.3, -0.25) is 14.4 Å². The number of hydrogen-bond donors (Lipinski definition) is 1. The Balaban J connectivity index is 1.33. The van der Waals surface area contributed by atoms with Crippen LogP contribution < -0.4 is 10.1 Å². The summed E-state index contributed by atoms with van der Waals surface area (Å²) < 4.78 is 16.2. The van der Waals surface area contributed by atoms with Crippen molar-refractivity contribution in [1.82, 2.24) is 10.2 Å². The molecule has 1 aromatic heterocycles. The van der Waals surface area contributed by atoms with Gasteiger partial charge in [0, 0.05) is 6.42 Å². The van der Waals surface area contributed by atoms with Crippen molar-refractivity contribution < 1.29 is 28.3 Å². The number of rotatable bonds is 11. The van der Waals surface area contributed by atoms with Gasteiger partial charge in [-0.15, -0.1) is 0 Å². The van der Waals surface area contributed by atoms with Gasteiger partial charge in [-0.25, -0.2) is 0 Å². The zero-order valence-corrected chi connectivity index (χ0v) is 18.6. The summed E-state index contributed by atoms with van der Waals surface area (Å²) in [5, 5.41) is 2.74. The monoisotopic (exact) mass is 462 g/mol. The molecular formula is C26H26N2O6. The maximum atomic E-state index is 12.8. The van der Waals surface area contributed by atoms with Crippen molar-refractivity contribution in [2.75, 3.05) is 13.2 Å². The molecule has 1 N–H and O–H groups in total. The highest BCUT2D eigenvalue weighted by Crippen LogP contribution is 2.25. The van der Waals surface area contributed by atoms with Gasteiger partial charge in [0.1, 0.15) is 30.7 Å². The van der Waals surface area contributed by atoms with Gasteiger partial charge >= 0.3 is 5.97 Å². The van der Waals surface area contributed by atoms with E-state index in [0.717, 1.165) is 11.3 Å². The zero-order chi connectivity index (χ0) is 23.8. The second kappa shape index (κ2) is 11.2. The van der Waals surface area contributed by atoms with Gasteiger partial charge in [-0.05, 0) is 36.2 Å². The molecule has 1 saturated heterocycles. The van der Waals surface area contributed by atoms with Crippen molar-refractivity contribution in [2.45, 2.75) is 31.5 Å². The number of hydrogen-bond acceptors (Lipinski definition) is 6. The van der Waals surface area contributed by atoms with Crippen molar-refractivity contribution >= 4 is 17.8 Å². The van der Waals surface area contributed by atoms with E-state index in [1.807, 2.05) is 54.6 Å². The maximum Gasteiger partial charge on any atom is 0.325 e. The molecular weight excluding hydrogens is 436 g/mol. The van der Waals surface area contributed by atoms with Crippen LogP contribution in [0.2, 0.25) is 0 Å². The lowest BCUT2D eigenvalue weighted by atomic mass is 9.90. The first-order valence-corrected chi connectivity index (χ1v) is 11.1. The third kappa shape index (κ3) is 6.04. The summed E-state index contributed by atoms with van der Waals surface area (Å²) in [6.45, 7) is -0.255. The second-order valence-electron chi connectivity index (χ2n) is 7.94. The summed E-state index contributed by atoms with van der Waals surface area (Å²) in [5.41, 5.74) is 0.865. The average molecular weight is 463 g/mol. The second-order valence-corrected chi connectivity index (χ2v) is 7.94. The Morgan fingerprint density at radius 1 is 0.971 bits per heavy atom. The largest absolute Gasteiger partial charge is 0.484 e. The first-order valence-electron chi connectivity index (χ1n) is 11.1. The first-order chi connectivity index (χ1) is 16.6. The van der Waals surface area contributed by atoms with Gasteiger partial charge in [0.15, 0.2) is 6.61 Å². The number of benzene rings is 2. The number of β-lactam (4-membered cyclic amide) rings is 1. The van der Waals surface area contributed by atoms with Crippen LogP contribution in [0, 0.1) is 0 Å². The van der Waals surface area contributed by atoms with Crippen molar-refractivity contribution in [1.29, 1.82) is 0 Å². The van der Waals surface area contributed by atoms with Gasteiger partial charge in [0.25, 0.3) is 5.91 Å². The fourth-order valence-electron chi connectivity index (χ4n) is 3.83. The molecule has 0 saturated carbocycles. The number of carbonyl (C=O) groups is 3. The molecule has 4 rings (SSSR count). The van der Waals surface area contributed by atoms with Crippen molar-refractivity contribution in [3.63, 3.8) is 0 Å². The summed E-state index contributed by atoms with van der Waals surface area (Å²) in [5.74, 6) is 0.0984. The number of ether oxygens (including phenoxy) is 2. The number of nitrogens with zero attached hydrogens (tertiary/aromatic N) is 1. The van der Waals surface area contributed by atoms with Crippen LogP contribution in [0.1, 0.15) is 17.7 Å². The summed E-state index contributed by atoms with van der Waals surface area (Å²) in [6, 6.07) is 20.8. The zero-order valence-electron chi connectivity index (χ0n) is 18.6. The smallest absolute Gasteiger partial charge is 0.325 e. The molecule has 8 heteroatoms. The standard InChI is InChI=1S/C26H26N2O6/c29-23(18-33-20-10-5-2-6-11-20)27-25-22(14-13-21-12-7-15-32-21)28(26(25)31)16-24(30)34-17-19-8-3-1-4-9-19/h1-12,15,22,25H,13-14,16-18H2,(H,27,29)/t22-,25+/m1/s1. The minimum Gasteiger partial charge on any atom is -0.484 e. The molecule has 34 heavy (non-hydrogen) atoms. The lowest BCUT2D eigenvalue weighted by Gasteiger charge is -2.46. The molecule has 0 radical (unpaired) electrons. The van der Waals surface area contributed by atoms with Gasteiger partial charge in [-0.1, -0.05) is 48.5 Å². The Bertz CT molecular complexity index is 1020. The highest BCUT2D eigenvalue weighted by atomic mass is 16.5. The fourth-order valence-corrected chi connectivity index (χ4v) is 3.83. The van der Waals surface area contributed by atoms with Crippen LogP contribution in [0.25, 0.3) is 0 Å². The number of likely N-dealkylation sites (tertiary alicyclic amines) is 1. The maximum absolute atomic E-state index is 12.8. The molecule has 2 atom stereocenters. The highest BCUT2D eigenvalue weighted by molar-refractivity contribution is 5.95. The number of nitrogens with one attached hydrogen (secondary N) is 1. The van der Waals surface area contributed by atoms with E-state index in [1.165, 1.54) is 4.90 Å². The van der Waals surface area contributed by atoms with E-state index < -0.39 is 17.9 Å². The molecule has 0 aliphatic carbocycles. The van der Waals surface area contributed by atoms with Crippen LogP contribution in [-0.2, 0) is 32.1 Å². The van der Waals surface area contributed by atoms with Crippen LogP contribution in [-0.4, -0.2) is 47.9 Å². The SMILES string of the molecule is O=C(COc1ccccc1)N[C@@H]1C(=O)N(CC(=O)OCc2ccccc2)[C@@H]1CCc1ccco1. The molecule has 176 valence electrons. The number of carbonyl (C=O) groups excluding carboxylic acids is 3. The molecule has 8 nitrogen and oxygen atoms in total. The number of aryl methyl sites for hydroxylation is 1. The third-order valence-electron chi connectivity index (χ3n) is 5.57. The van der Waals surface area contributed by atoms with Crippen LogP contribution in [0.4, 0.5) is 0 Å². The Hall–Kier alpha value is -4.07. The molecule has 0 bridgehead atoms. The molecule has 2 amide bonds. The quantitative estimate of drug-likeness (QED) is 0.348. The third-order valence-corrected chi connectivity index (χ3v) is 5.57. The Kier molecular flexibility index (Phi) is 7.60. The minimum absolute atomic E-state index is 0.135. The molecule has 1 aliphatic heterocycles. The van der Waals surface area contributed by atoms with Crippen LogP contribution in [0.3, 0.4) is 0 Å². The van der Waals surface area contributed by atoms with Crippen LogP contribution in [0.5, 0.6) is 5.75 Å². The van der Waals surface area contributed by atoms with Crippen LogP contribution in [0.15, 0.2) is 83.5 Å². The molecule has 0 spiro atoms. The normalized spacial score (nSPS) is 17.1. The van der Waals surface area contributed by atoms with E-state index in [0.29, 0.717) is 18.6 Å². The molecule has 0 unspecified atom stereocenters. The highest BCUT2D eigenvalue weighted by Gasteiger charge is 2.48. The van der Waals surface area contributed by atoms with Crippen molar-refractivity contribution in [3.05, 3.63) is 90.4 Å². The average Bonchev–Trinajstić information content (AvgIpc) is 3.39. The van der Waals surface area contributed by atoms with Crippen molar-refractivity contribution in [3.8, 4) is 5.75 Å². The van der Waals surface area contributed by atoms with Gasteiger partial charge < -0.3 is 24.1 Å². The summed E-state index contributed by atoms with van der Waals surface area (Å²) in [4.78, 5) is 39.0. The van der Waals surface area contributed by atoms with Gasteiger partial charge in [0.2, 0.25) is 5.91 Å². The Morgan fingerprint density at radius 2 is 1.71 bits per heavy atom. The molecule has 2 heterocycles. The number of amides is 2. The molecule has 2 aromatic carbocycles. The molecule has 3 aromatic rings. The van der Waals surface area contributed by atoms with E-state index in [2.05, 4.69) is 5.32 Å². The number of para-hydroxylation sites is 1. The summed E-state index contributed by atoms with van der Waals surface area (Å²) >= 11 is 0. The number of esters is 1. The first kappa shape index (κ1) is 23.1. The van der Waals surface area contributed by atoms with Crippen LogP contribution >= 0.6 is 0 Å². The fraction of sp³-hybridized carbons (Fsp3) is 0.269. The van der Waals surface area contributed by atoms with E-state index in [9.17, 15) is 14.4 Å². The van der Waals surface area contributed by atoms with E-state index in [4.69, 9.17) is 13.9 Å². The minimum atomic E-state index is -0.733. The predicted octanol–water partition coefficient (Wildman–Crippen LogP) is 2.73. The Morgan fingerprint density at radius 3 is 2.41 bits per heavy atom.